The average molecular weight is 417 g/mol. The SMILES string of the molecule is O=C(NC1Cc2ccc(S(=O)(=O)Nc3nccs3)cc2C1)c1ccccc1F. The number of halogens is 1. The zero-order valence-corrected chi connectivity index (χ0v) is 16.2. The maximum absolute atomic E-state index is 13.8. The summed E-state index contributed by atoms with van der Waals surface area (Å²) in [5.74, 6) is -1.05. The molecule has 1 aliphatic rings. The minimum atomic E-state index is -3.73. The lowest BCUT2D eigenvalue weighted by molar-refractivity contribution is 0.0934. The summed E-state index contributed by atoms with van der Waals surface area (Å²) < 4.78 is 41.3. The zero-order valence-electron chi connectivity index (χ0n) is 14.6. The maximum Gasteiger partial charge on any atom is 0.263 e. The van der Waals surface area contributed by atoms with E-state index in [0.29, 0.717) is 18.0 Å². The van der Waals surface area contributed by atoms with Crippen molar-refractivity contribution in [3.63, 3.8) is 0 Å². The predicted octanol–water partition coefficient (Wildman–Crippen LogP) is 2.98. The third-order valence-corrected chi connectivity index (χ3v) is 6.68. The summed E-state index contributed by atoms with van der Waals surface area (Å²) in [7, 11) is -3.73. The van der Waals surface area contributed by atoms with E-state index < -0.39 is 21.7 Å². The van der Waals surface area contributed by atoms with E-state index in [4.69, 9.17) is 0 Å². The highest BCUT2D eigenvalue weighted by molar-refractivity contribution is 7.93. The molecule has 28 heavy (non-hydrogen) atoms. The first-order valence-electron chi connectivity index (χ1n) is 8.52. The number of nitrogens with zero attached hydrogens (tertiary/aromatic N) is 1. The highest BCUT2D eigenvalue weighted by Gasteiger charge is 2.26. The van der Waals surface area contributed by atoms with Gasteiger partial charge in [0.25, 0.3) is 15.9 Å². The van der Waals surface area contributed by atoms with Crippen LogP contribution in [0.2, 0.25) is 0 Å². The van der Waals surface area contributed by atoms with E-state index in [2.05, 4.69) is 15.0 Å². The van der Waals surface area contributed by atoms with Crippen molar-refractivity contribution in [3.05, 3.63) is 76.5 Å². The van der Waals surface area contributed by atoms with E-state index in [-0.39, 0.29) is 16.5 Å². The lowest BCUT2D eigenvalue weighted by Gasteiger charge is -2.12. The fraction of sp³-hybridized carbons (Fsp3) is 0.158. The molecule has 1 unspecified atom stereocenters. The molecule has 6 nitrogen and oxygen atoms in total. The molecule has 0 saturated carbocycles. The number of benzene rings is 2. The highest BCUT2D eigenvalue weighted by atomic mass is 32.2. The third kappa shape index (κ3) is 3.76. The van der Waals surface area contributed by atoms with Gasteiger partial charge in [-0.1, -0.05) is 18.2 Å². The Morgan fingerprint density at radius 3 is 2.68 bits per heavy atom. The number of sulfonamides is 1. The molecule has 0 saturated heterocycles. The molecule has 9 heteroatoms. The largest absolute Gasteiger partial charge is 0.349 e. The number of anilines is 1. The highest BCUT2D eigenvalue weighted by Crippen LogP contribution is 2.27. The van der Waals surface area contributed by atoms with Crippen LogP contribution in [0.5, 0.6) is 0 Å². The number of thiazole rings is 1. The van der Waals surface area contributed by atoms with Crippen LogP contribution in [0, 0.1) is 5.82 Å². The number of hydrogen-bond acceptors (Lipinski definition) is 5. The Bertz CT molecular complexity index is 1130. The van der Waals surface area contributed by atoms with E-state index in [1.807, 2.05) is 0 Å². The number of fused-ring (bicyclic) bond motifs is 1. The van der Waals surface area contributed by atoms with Gasteiger partial charge in [0.1, 0.15) is 5.82 Å². The Balaban J connectivity index is 1.48. The number of aromatic nitrogens is 1. The van der Waals surface area contributed by atoms with Gasteiger partial charge in [-0.3, -0.25) is 9.52 Å². The summed E-state index contributed by atoms with van der Waals surface area (Å²) in [4.78, 5) is 16.4. The summed E-state index contributed by atoms with van der Waals surface area (Å²) in [5.41, 5.74) is 1.81. The van der Waals surface area contributed by atoms with Crippen LogP contribution in [-0.2, 0) is 22.9 Å². The number of amides is 1. The zero-order chi connectivity index (χ0) is 19.7. The van der Waals surface area contributed by atoms with Crippen molar-refractivity contribution in [2.24, 2.45) is 0 Å². The van der Waals surface area contributed by atoms with Gasteiger partial charge < -0.3 is 5.32 Å². The first kappa shape index (κ1) is 18.6. The second-order valence-corrected chi connectivity index (χ2v) is 9.01. The fourth-order valence-corrected chi connectivity index (χ4v) is 5.06. The molecule has 0 spiro atoms. The van der Waals surface area contributed by atoms with Gasteiger partial charge in [0.2, 0.25) is 0 Å². The number of hydrogen-bond donors (Lipinski definition) is 2. The summed E-state index contributed by atoms with van der Waals surface area (Å²) >= 11 is 1.20. The standard InChI is InChI=1S/C19H16FN3O3S2/c20-17-4-2-1-3-16(17)18(24)22-14-9-12-5-6-15(11-13(12)10-14)28(25,26)23-19-21-7-8-27-19/h1-8,11,14H,9-10H2,(H,21,23)(H,22,24). The minimum absolute atomic E-state index is 0.00521. The molecule has 0 aliphatic heterocycles. The quantitative estimate of drug-likeness (QED) is 0.668. The lowest BCUT2D eigenvalue weighted by Crippen LogP contribution is -2.35. The van der Waals surface area contributed by atoms with Crippen LogP contribution in [0.4, 0.5) is 9.52 Å². The molecular weight excluding hydrogens is 401 g/mol. The Hall–Kier alpha value is -2.78. The lowest BCUT2D eigenvalue weighted by atomic mass is 10.1. The van der Waals surface area contributed by atoms with Crippen molar-refractivity contribution in [2.45, 2.75) is 23.8 Å². The summed E-state index contributed by atoms with van der Waals surface area (Å²) in [6.45, 7) is 0. The summed E-state index contributed by atoms with van der Waals surface area (Å²) in [6.07, 6.45) is 2.57. The molecule has 0 radical (unpaired) electrons. The van der Waals surface area contributed by atoms with Crippen LogP contribution in [-0.4, -0.2) is 25.4 Å². The van der Waals surface area contributed by atoms with Crippen molar-refractivity contribution >= 4 is 32.4 Å². The molecule has 1 amide bonds. The van der Waals surface area contributed by atoms with Crippen LogP contribution < -0.4 is 10.0 Å². The Morgan fingerprint density at radius 2 is 1.93 bits per heavy atom. The average Bonchev–Trinajstić information content (AvgIpc) is 3.29. The van der Waals surface area contributed by atoms with E-state index in [1.165, 1.54) is 41.8 Å². The topological polar surface area (TPSA) is 88.2 Å². The van der Waals surface area contributed by atoms with Crippen LogP contribution >= 0.6 is 11.3 Å². The molecule has 0 fully saturated rings. The smallest absolute Gasteiger partial charge is 0.263 e. The van der Waals surface area contributed by atoms with Gasteiger partial charge in [-0.05, 0) is 48.2 Å². The van der Waals surface area contributed by atoms with Crippen LogP contribution in [0.1, 0.15) is 21.5 Å². The molecule has 1 heterocycles. The summed E-state index contributed by atoms with van der Waals surface area (Å²) in [5, 5.41) is 4.81. The van der Waals surface area contributed by atoms with E-state index in [1.54, 1.807) is 23.6 Å². The van der Waals surface area contributed by atoms with Crippen molar-refractivity contribution in [1.82, 2.24) is 10.3 Å². The molecule has 2 N–H and O–H groups in total. The van der Waals surface area contributed by atoms with Gasteiger partial charge in [0, 0.05) is 17.6 Å². The normalized spacial score (nSPS) is 15.8. The van der Waals surface area contributed by atoms with E-state index in [9.17, 15) is 17.6 Å². The van der Waals surface area contributed by atoms with E-state index >= 15 is 0 Å². The molecule has 4 rings (SSSR count). The Kier molecular flexibility index (Phi) is 4.86. The molecule has 1 atom stereocenters. The van der Waals surface area contributed by atoms with Gasteiger partial charge >= 0.3 is 0 Å². The first-order chi connectivity index (χ1) is 13.4. The third-order valence-electron chi connectivity index (χ3n) is 4.53. The van der Waals surface area contributed by atoms with Crippen LogP contribution in [0.15, 0.2) is 58.9 Å². The molecule has 1 aliphatic carbocycles. The molecular formula is C19H16FN3O3S2. The Labute approximate surface area is 165 Å². The van der Waals surface area contributed by atoms with Gasteiger partial charge in [-0.2, -0.15) is 0 Å². The predicted molar refractivity (Wildman–Crippen MR) is 104 cm³/mol. The first-order valence-corrected chi connectivity index (χ1v) is 10.9. The monoisotopic (exact) mass is 417 g/mol. The maximum atomic E-state index is 13.8. The summed E-state index contributed by atoms with van der Waals surface area (Å²) in [6, 6.07) is 10.5. The minimum Gasteiger partial charge on any atom is -0.349 e. The number of nitrogens with one attached hydrogen (secondary N) is 2. The second kappa shape index (κ2) is 7.33. The number of carbonyl (C=O) groups excluding carboxylic acids is 1. The van der Waals surface area contributed by atoms with Gasteiger partial charge in [0.05, 0.1) is 10.5 Å². The van der Waals surface area contributed by atoms with Crippen molar-refractivity contribution in [3.8, 4) is 0 Å². The van der Waals surface area contributed by atoms with Crippen LogP contribution in [0.3, 0.4) is 0 Å². The molecule has 144 valence electrons. The van der Waals surface area contributed by atoms with Gasteiger partial charge in [0.15, 0.2) is 5.13 Å². The van der Waals surface area contributed by atoms with Gasteiger partial charge in [-0.25, -0.2) is 17.8 Å². The Morgan fingerprint density at radius 1 is 1.14 bits per heavy atom. The fourth-order valence-electron chi connectivity index (χ4n) is 3.22. The van der Waals surface area contributed by atoms with E-state index in [0.717, 1.165) is 11.1 Å². The number of rotatable bonds is 5. The molecule has 2 aromatic carbocycles. The van der Waals surface area contributed by atoms with Gasteiger partial charge in [-0.15, -0.1) is 11.3 Å². The molecule has 0 bridgehead atoms. The molecule has 3 aromatic rings. The van der Waals surface area contributed by atoms with Crippen molar-refractivity contribution in [2.75, 3.05) is 4.72 Å². The second-order valence-electron chi connectivity index (χ2n) is 6.43. The van der Waals surface area contributed by atoms with Crippen molar-refractivity contribution in [1.29, 1.82) is 0 Å². The number of carbonyl (C=O) groups is 1. The van der Waals surface area contributed by atoms with Crippen LogP contribution in [0.25, 0.3) is 0 Å². The molecule has 1 aromatic heterocycles. The van der Waals surface area contributed by atoms with Crippen molar-refractivity contribution < 1.29 is 17.6 Å².